The third-order valence-electron chi connectivity index (χ3n) is 3.26. The summed E-state index contributed by atoms with van der Waals surface area (Å²) in [5.74, 6) is 1.45. The number of nitrogens with two attached hydrogens (primary N) is 1. The lowest BCUT2D eigenvalue weighted by Crippen LogP contribution is -2.15. The summed E-state index contributed by atoms with van der Waals surface area (Å²) < 4.78 is 12.6. The van der Waals surface area contributed by atoms with Crippen LogP contribution >= 0.6 is 31.9 Å². The van der Waals surface area contributed by atoms with Crippen LogP contribution in [0.5, 0.6) is 11.5 Å². The molecule has 2 aromatic rings. The molecule has 0 aliphatic heterocycles. The van der Waals surface area contributed by atoms with Gasteiger partial charge in [-0.25, -0.2) is 0 Å². The highest BCUT2D eigenvalue weighted by molar-refractivity contribution is 9.11. The molecule has 2 rings (SSSR count). The molecule has 0 aliphatic carbocycles. The van der Waals surface area contributed by atoms with Crippen molar-refractivity contribution in [3.8, 4) is 11.5 Å². The van der Waals surface area contributed by atoms with Gasteiger partial charge in [0.2, 0.25) is 0 Å². The Morgan fingerprint density at radius 2 is 1.86 bits per heavy atom. The molecule has 0 saturated carbocycles. The Morgan fingerprint density at radius 1 is 1.10 bits per heavy atom. The van der Waals surface area contributed by atoms with E-state index in [9.17, 15) is 0 Å². The second kappa shape index (κ2) is 7.29. The zero-order chi connectivity index (χ0) is 15.4. The lowest BCUT2D eigenvalue weighted by Gasteiger charge is -2.18. The molecule has 0 aliphatic rings. The van der Waals surface area contributed by atoms with Crippen molar-refractivity contribution >= 4 is 31.9 Å². The van der Waals surface area contributed by atoms with Crippen molar-refractivity contribution in [3.05, 3.63) is 56.5 Å². The molecule has 3 nitrogen and oxygen atoms in total. The van der Waals surface area contributed by atoms with Gasteiger partial charge in [0.25, 0.3) is 0 Å². The molecule has 0 heterocycles. The summed E-state index contributed by atoms with van der Waals surface area (Å²) in [7, 11) is 3.26. The van der Waals surface area contributed by atoms with Crippen molar-refractivity contribution in [2.24, 2.45) is 5.73 Å². The molecule has 0 spiro atoms. The van der Waals surface area contributed by atoms with Crippen LogP contribution < -0.4 is 15.2 Å². The molecule has 0 fully saturated rings. The Morgan fingerprint density at radius 3 is 2.48 bits per heavy atom. The highest BCUT2D eigenvalue weighted by Gasteiger charge is 2.18. The standard InChI is InChI=1S/C16H17Br2NO2/c1-20-14-7-6-12(16(21-2)15(14)18)13(19)9-10-4-3-5-11(17)8-10/h3-8,13H,9,19H2,1-2H3. The minimum atomic E-state index is -0.156. The van der Waals surface area contributed by atoms with E-state index in [-0.39, 0.29) is 6.04 Å². The first-order valence-electron chi connectivity index (χ1n) is 6.47. The first kappa shape index (κ1) is 16.3. The predicted octanol–water partition coefficient (Wildman–Crippen LogP) is 4.47. The molecule has 1 atom stereocenters. The third kappa shape index (κ3) is 3.78. The fourth-order valence-corrected chi connectivity index (χ4v) is 3.37. The van der Waals surface area contributed by atoms with Crippen LogP contribution in [0.2, 0.25) is 0 Å². The maximum atomic E-state index is 6.36. The van der Waals surface area contributed by atoms with Gasteiger partial charge in [0, 0.05) is 16.1 Å². The van der Waals surface area contributed by atoms with Crippen LogP contribution in [0.3, 0.4) is 0 Å². The Bertz CT molecular complexity index is 632. The van der Waals surface area contributed by atoms with Gasteiger partial charge in [-0.2, -0.15) is 0 Å². The van der Waals surface area contributed by atoms with Crippen molar-refractivity contribution in [2.75, 3.05) is 14.2 Å². The smallest absolute Gasteiger partial charge is 0.141 e. The normalized spacial score (nSPS) is 12.0. The summed E-state index contributed by atoms with van der Waals surface area (Å²) in [5, 5.41) is 0. The van der Waals surface area contributed by atoms with Gasteiger partial charge in [-0.1, -0.05) is 28.1 Å². The highest BCUT2D eigenvalue weighted by atomic mass is 79.9. The maximum absolute atomic E-state index is 6.36. The number of hydrogen-bond donors (Lipinski definition) is 1. The minimum absolute atomic E-state index is 0.156. The highest BCUT2D eigenvalue weighted by Crippen LogP contribution is 2.39. The minimum Gasteiger partial charge on any atom is -0.495 e. The van der Waals surface area contributed by atoms with E-state index in [2.05, 4.69) is 44.0 Å². The molecule has 0 aromatic heterocycles. The van der Waals surface area contributed by atoms with Crippen molar-refractivity contribution in [3.63, 3.8) is 0 Å². The Labute approximate surface area is 141 Å². The maximum Gasteiger partial charge on any atom is 0.141 e. The molecule has 0 amide bonds. The number of hydrogen-bond acceptors (Lipinski definition) is 3. The van der Waals surface area contributed by atoms with Gasteiger partial charge in [-0.15, -0.1) is 0 Å². The average Bonchev–Trinajstić information content (AvgIpc) is 2.46. The topological polar surface area (TPSA) is 44.5 Å². The molecule has 112 valence electrons. The van der Waals surface area contributed by atoms with Gasteiger partial charge >= 0.3 is 0 Å². The van der Waals surface area contributed by atoms with E-state index in [4.69, 9.17) is 15.2 Å². The zero-order valence-electron chi connectivity index (χ0n) is 11.9. The molecule has 2 N–H and O–H groups in total. The van der Waals surface area contributed by atoms with Crippen LogP contribution in [0.15, 0.2) is 45.3 Å². The van der Waals surface area contributed by atoms with Crippen LogP contribution in [0.4, 0.5) is 0 Å². The Kier molecular flexibility index (Phi) is 5.67. The first-order valence-corrected chi connectivity index (χ1v) is 8.05. The summed E-state index contributed by atoms with van der Waals surface area (Å²) in [6, 6.07) is 11.8. The van der Waals surface area contributed by atoms with E-state index in [1.54, 1.807) is 14.2 Å². The van der Waals surface area contributed by atoms with Crippen molar-refractivity contribution in [1.29, 1.82) is 0 Å². The van der Waals surface area contributed by atoms with Gasteiger partial charge in [0.05, 0.1) is 14.2 Å². The lowest BCUT2D eigenvalue weighted by molar-refractivity contribution is 0.383. The number of halogens is 2. The van der Waals surface area contributed by atoms with Crippen LogP contribution in [0.25, 0.3) is 0 Å². The van der Waals surface area contributed by atoms with Crippen LogP contribution in [0, 0.1) is 0 Å². The van der Waals surface area contributed by atoms with Gasteiger partial charge in [0.15, 0.2) is 0 Å². The fourth-order valence-electron chi connectivity index (χ4n) is 2.24. The second-order valence-corrected chi connectivity index (χ2v) is 6.35. The molecule has 5 heteroatoms. The molecule has 1 unspecified atom stereocenters. The summed E-state index contributed by atoms with van der Waals surface area (Å²) in [6.07, 6.45) is 0.731. The third-order valence-corrected chi connectivity index (χ3v) is 4.50. The van der Waals surface area contributed by atoms with Crippen LogP contribution in [-0.4, -0.2) is 14.2 Å². The second-order valence-electron chi connectivity index (χ2n) is 4.64. The van der Waals surface area contributed by atoms with E-state index in [1.807, 2.05) is 24.3 Å². The summed E-state index contributed by atoms with van der Waals surface area (Å²) in [6.45, 7) is 0. The molecule has 0 radical (unpaired) electrons. The predicted molar refractivity (Wildman–Crippen MR) is 92.0 cm³/mol. The van der Waals surface area contributed by atoms with Crippen molar-refractivity contribution in [2.45, 2.75) is 12.5 Å². The average molecular weight is 415 g/mol. The molecular formula is C16H17Br2NO2. The van der Waals surface area contributed by atoms with Crippen LogP contribution in [0.1, 0.15) is 17.2 Å². The lowest BCUT2D eigenvalue weighted by atomic mass is 9.99. The van der Waals surface area contributed by atoms with Gasteiger partial charge in [0.1, 0.15) is 16.0 Å². The summed E-state index contributed by atoms with van der Waals surface area (Å²) in [5.41, 5.74) is 8.48. The van der Waals surface area contributed by atoms with Crippen molar-refractivity contribution < 1.29 is 9.47 Å². The van der Waals surface area contributed by atoms with Gasteiger partial charge in [-0.3, -0.25) is 0 Å². The molecule has 21 heavy (non-hydrogen) atoms. The molecule has 2 aromatic carbocycles. The zero-order valence-corrected chi connectivity index (χ0v) is 15.1. The number of benzene rings is 2. The van der Waals surface area contributed by atoms with Gasteiger partial charge < -0.3 is 15.2 Å². The molecule has 0 saturated heterocycles. The first-order chi connectivity index (χ1) is 10.1. The molecular weight excluding hydrogens is 398 g/mol. The van der Waals surface area contributed by atoms with E-state index < -0.39 is 0 Å². The molecule has 0 bridgehead atoms. The van der Waals surface area contributed by atoms with E-state index in [1.165, 1.54) is 5.56 Å². The van der Waals surface area contributed by atoms with E-state index in [0.29, 0.717) is 0 Å². The van der Waals surface area contributed by atoms with E-state index >= 15 is 0 Å². The monoisotopic (exact) mass is 413 g/mol. The van der Waals surface area contributed by atoms with Gasteiger partial charge in [-0.05, 0) is 52.2 Å². The SMILES string of the molecule is COc1ccc(C(N)Cc2cccc(Br)c2)c(OC)c1Br. The number of methoxy groups -OCH3 is 2. The fraction of sp³-hybridized carbons (Fsp3) is 0.250. The Balaban J connectivity index is 2.30. The van der Waals surface area contributed by atoms with Crippen LogP contribution in [-0.2, 0) is 6.42 Å². The van der Waals surface area contributed by atoms with Crippen molar-refractivity contribution in [1.82, 2.24) is 0 Å². The Hall–Kier alpha value is -1.04. The largest absolute Gasteiger partial charge is 0.495 e. The summed E-state index contributed by atoms with van der Waals surface area (Å²) in [4.78, 5) is 0. The quantitative estimate of drug-likeness (QED) is 0.784. The summed E-state index contributed by atoms with van der Waals surface area (Å²) >= 11 is 6.98. The van der Waals surface area contributed by atoms with E-state index in [0.717, 1.165) is 32.4 Å². The number of ether oxygens (including phenoxy) is 2. The number of rotatable bonds is 5.